The van der Waals surface area contributed by atoms with Crippen LogP contribution >= 0.6 is 34.5 Å². The summed E-state index contributed by atoms with van der Waals surface area (Å²) in [5, 5.41) is 5.29. The highest BCUT2D eigenvalue weighted by atomic mass is 35.5. The molecule has 1 aromatic heterocycles. The summed E-state index contributed by atoms with van der Waals surface area (Å²) in [6.07, 6.45) is 2.36. The van der Waals surface area contributed by atoms with Crippen LogP contribution < -0.4 is 5.32 Å². The van der Waals surface area contributed by atoms with Crippen LogP contribution in [0.15, 0.2) is 18.2 Å². The van der Waals surface area contributed by atoms with Gasteiger partial charge >= 0.3 is 0 Å². The Bertz CT molecular complexity index is 737. The van der Waals surface area contributed by atoms with E-state index in [0.717, 1.165) is 16.6 Å². The molecule has 6 heteroatoms. The van der Waals surface area contributed by atoms with Gasteiger partial charge in [0.25, 0.3) is 5.91 Å². The highest BCUT2D eigenvalue weighted by molar-refractivity contribution is 7.21. The van der Waals surface area contributed by atoms with Crippen LogP contribution in [0.5, 0.6) is 0 Å². The second-order valence-electron chi connectivity index (χ2n) is 6.10. The first kappa shape index (κ1) is 14.8. The van der Waals surface area contributed by atoms with Gasteiger partial charge < -0.3 is 10.2 Å². The van der Waals surface area contributed by atoms with Crippen molar-refractivity contribution in [3.05, 3.63) is 33.1 Å². The number of hydrogen-bond donors (Lipinski definition) is 1. The average Bonchev–Trinajstić information content (AvgIpc) is 2.85. The number of nitrogens with zero attached hydrogens (tertiary/aromatic N) is 1. The Balaban J connectivity index is 1.59. The van der Waals surface area contributed by atoms with Crippen LogP contribution in [0.1, 0.15) is 22.5 Å². The smallest absolute Gasteiger partial charge is 0.263 e. The van der Waals surface area contributed by atoms with Crippen molar-refractivity contribution in [1.82, 2.24) is 10.2 Å². The molecule has 1 aromatic carbocycles. The molecule has 2 aromatic rings. The normalized spacial score (nSPS) is 27.3. The monoisotopic (exact) mass is 354 g/mol. The maximum atomic E-state index is 12.6. The summed E-state index contributed by atoms with van der Waals surface area (Å²) < 4.78 is 0.955. The summed E-state index contributed by atoms with van der Waals surface area (Å²) in [6.45, 7) is 3.29. The maximum absolute atomic E-state index is 12.6. The largest absolute Gasteiger partial charge is 0.347 e. The number of halogens is 2. The zero-order chi connectivity index (χ0) is 15.3. The second kappa shape index (κ2) is 5.68. The molecule has 3 aliphatic rings. The van der Waals surface area contributed by atoms with Crippen LogP contribution in [0.25, 0.3) is 10.1 Å². The van der Waals surface area contributed by atoms with E-state index >= 15 is 0 Å². The molecule has 3 aliphatic heterocycles. The number of nitrogens with one attached hydrogen (secondary N) is 1. The fourth-order valence-electron chi connectivity index (χ4n) is 3.55. The lowest BCUT2D eigenvalue weighted by Gasteiger charge is -2.44. The summed E-state index contributed by atoms with van der Waals surface area (Å²) in [5.74, 6) is 0.553. The van der Waals surface area contributed by atoms with Gasteiger partial charge in [0.05, 0.1) is 5.02 Å². The molecule has 0 saturated carbocycles. The van der Waals surface area contributed by atoms with E-state index in [1.54, 1.807) is 6.07 Å². The van der Waals surface area contributed by atoms with Gasteiger partial charge in [-0.15, -0.1) is 11.3 Å². The molecule has 0 aliphatic carbocycles. The van der Waals surface area contributed by atoms with Gasteiger partial charge in [0.15, 0.2) is 0 Å². The van der Waals surface area contributed by atoms with E-state index < -0.39 is 0 Å². The Morgan fingerprint density at radius 1 is 1.27 bits per heavy atom. The van der Waals surface area contributed by atoms with Gasteiger partial charge in [-0.2, -0.15) is 0 Å². The minimum atomic E-state index is -0.0546. The first-order chi connectivity index (χ1) is 10.6. The minimum absolute atomic E-state index is 0.0546. The molecule has 1 unspecified atom stereocenters. The molecule has 0 spiro atoms. The molecule has 22 heavy (non-hydrogen) atoms. The van der Waals surface area contributed by atoms with E-state index in [-0.39, 0.29) is 11.9 Å². The first-order valence-corrected chi connectivity index (χ1v) is 9.10. The second-order valence-corrected chi connectivity index (χ2v) is 7.97. The molecule has 1 amide bonds. The van der Waals surface area contributed by atoms with Crippen molar-refractivity contribution in [2.75, 3.05) is 19.6 Å². The number of carbonyl (C=O) groups is 1. The summed E-state index contributed by atoms with van der Waals surface area (Å²) in [5.41, 5.74) is 0. The maximum Gasteiger partial charge on any atom is 0.263 e. The molecule has 3 nitrogen and oxygen atoms in total. The summed E-state index contributed by atoms with van der Waals surface area (Å²) in [7, 11) is 0. The molecule has 5 rings (SSSR count). The van der Waals surface area contributed by atoms with Crippen LogP contribution in [-0.4, -0.2) is 36.5 Å². The van der Waals surface area contributed by atoms with E-state index in [1.807, 2.05) is 12.1 Å². The van der Waals surface area contributed by atoms with Gasteiger partial charge in [-0.1, -0.05) is 29.3 Å². The van der Waals surface area contributed by atoms with Crippen LogP contribution in [0.4, 0.5) is 0 Å². The van der Waals surface area contributed by atoms with E-state index in [2.05, 4.69) is 10.2 Å². The summed E-state index contributed by atoms with van der Waals surface area (Å²) >= 11 is 13.8. The molecule has 1 atom stereocenters. The fourth-order valence-corrected chi connectivity index (χ4v) is 5.24. The lowest BCUT2D eigenvalue weighted by atomic mass is 9.84. The van der Waals surface area contributed by atoms with Gasteiger partial charge in [0.1, 0.15) is 4.88 Å². The molecular weight excluding hydrogens is 339 g/mol. The predicted octanol–water partition coefficient (Wildman–Crippen LogP) is 4.03. The third-order valence-electron chi connectivity index (χ3n) is 4.77. The standard InChI is InChI=1S/C16H16Cl2N2OS/c17-10-1-2-11-13(7-10)22-15(14(11)18)16(21)19-12-8-20-5-3-9(12)4-6-20/h1-2,7,9,12H,3-6,8H2,(H,19,21). The van der Waals surface area contributed by atoms with E-state index in [4.69, 9.17) is 23.2 Å². The van der Waals surface area contributed by atoms with Crippen molar-refractivity contribution in [3.8, 4) is 0 Å². The molecule has 116 valence electrons. The average molecular weight is 355 g/mol. The zero-order valence-electron chi connectivity index (χ0n) is 11.9. The molecular formula is C16H16Cl2N2OS. The van der Waals surface area contributed by atoms with Gasteiger partial charge in [0.2, 0.25) is 0 Å². The SMILES string of the molecule is O=C(NC1CN2CCC1CC2)c1sc2cc(Cl)ccc2c1Cl. The Morgan fingerprint density at radius 3 is 2.73 bits per heavy atom. The van der Waals surface area contributed by atoms with Crippen molar-refractivity contribution < 1.29 is 4.79 Å². The predicted molar refractivity (Wildman–Crippen MR) is 92.3 cm³/mol. The van der Waals surface area contributed by atoms with Crippen LogP contribution in [0, 0.1) is 5.92 Å². The molecule has 3 fully saturated rings. The van der Waals surface area contributed by atoms with Gasteiger partial charge in [-0.05, 0) is 44.0 Å². The number of piperidine rings is 3. The number of carbonyl (C=O) groups excluding carboxylic acids is 1. The van der Waals surface area contributed by atoms with E-state index in [9.17, 15) is 4.79 Å². The number of fused-ring (bicyclic) bond motifs is 4. The quantitative estimate of drug-likeness (QED) is 0.882. The van der Waals surface area contributed by atoms with Gasteiger partial charge in [-0.25, -0.2) is 0 Å². The van der Waals surface area contributed by atoms with Crippen molar-refractivity contribution >= 4 is 50.5 Å². The van der Waals surface area contributed by atoms with E-state index in [0.29, 0.717) is 20.8 Å². The fraction of sp³-hybridized carbons (Fsp3) is 0.438. The minimum Gasteiger partial charge on any atom is -0.347 e. The summed E-state index contributed by atoms with van der Waals surface area (Å²) in [4.78, 5) is 15.6. The number of hydrogen-bond acceptors (Lipinski definition) is 3. The van der Waals surface area contributed by atoms with Crippen molar-refractivity contribution in [3.63, 3.8) is 0 Å². The number of rotatable bonds is 2. The van der Waals surface area contributed by atoms with Crippen LogP contribution in [0.2, 0.25) is 10.0 Å². The number of amides is 1. The van der Waals surface area contributed by atoms with Gasteiger partial charge in [0, 0.05) is 27.7 Å². The van der Waals surface area contributed by atoms with Crippen molar-refractivity contribution in [2.24, 2.45) is 5.92 Å². The Hall–Kier alpha value is -0.810. The van der Waals surface area contributed by atoms with E-state index in [1.165, 1.54) is 37.3 Å². The number of benzene rings is 1. The number of thiophene rings is 1. The Morgan fingerprint density at radius 2 is 2.05 bits per heavy atom. The Kier molecular flexibility index (Phi) is 3.81. The highest BCUT2D eigenvalue weighted by Gasteiger charge is 2.35. The van der Waals surface area contributed by atoms with Crippen molar-refractivity contribution in [2.45, 2.75) is 18.9 Å². The molecule has 4 heterocycles. The van der Waals surface area contributed by atoms with Gasteiger partial charge in [-0.3, -0.25) is 4.79 Å². The lowest BCUT2D eigenvalue weighted by Crippen LogP contribution is -2.57. The van der Waals surface area contributed by atoms with Crippen LogP contribution in [0.3, 0.4) is 0 Å². The molecule has 3 saturated heterocycles. The van der Waals surface area contributed by atoms with Crippen molar-refractivity contribution in [1.29, 1.82) is 0 Å². The third-order valence-corrected chi connectivity index (χ3v) is 6.66. The molecule has 2 bridgehead atoms. The molecule has 0 radical (unpaired) electrons. The topological polar surface area (TPSA) is 32.3 Å². The lowest BCUT2D eigenvalue weighted by molar-refractivity contribution is 0.0623. The highest BCUT2D eigenvalue weighted by Crippen LogP contribution is 2.37. The Labute approximate surface area is 143 Å². The van der Waals surface area contributed by atoms with Crippen LogP contribution in [-0.2, 0) is 0 Å². The summed E-state index contributed by atoms with van der Waals surface area (Å²) in [6, 6.07) is 5.79. The first-order valence-electron chi connectivity index (χ1n) is 7.52. The third kappa shape index (κ3) is 2.52. The molecule has 1 N–H and O–H groups in total. The zero-order valence-corrected chi connectivity index (χ0v) is 14.3.